The van der Waals surface area contributed by atoms with Gasteiger partial charge in [-0.05, 0) is 81.5 Å². The van der Waals surface area contributed by atoms with E-state index in [1.807, 2.05) is 48.5 Å². The summed E-state index contributed by atoms with van der Waals surface area (Å²) in [6, 6.07) is 16.0. The van der Waals surface area contributed by atoms with E-state index in [2.05, 4.69) is 69.5 Å². The highest BCUT2D eigenvalue weighted by Gasteiger charge is 2.38. The molecule has 0 atom stereocenters. The van der Waals surface area contributed by atoms with Crippen molar-refractivity contribution >= 4 is 76.4 Å². The Kier molecular flexibility index (Phi) is 7.65. The Labute approximate surface area is 240 Å². The number of benzene rings is 2. The molecule has 0 radical (unpaired) electrons. The number of ketones is 2. The molecule has 1 aliphatic carbocycles. The molecular weight excluding hydrogens is 604 g/mol. The fraction of sp³-hybridized carbons (Fsp3) is 0.312. The molecule has 6 heteroatoms. The minimum absolute atomic E-state index is 0.144. The predicted octanol–water partition coefficient (Wildman–Crippen LogP) is 8.89. The van der Waals surface area contributed by atoms with Crippen LogP contribution in [0.15, 0.2) is 57.5 Å². The van der Waals surface area contributed by atoms with E-state index >= 15 is 0 Å². The topological polar surface area (TPSA) is 65.7 Å². The zero-order valence-corrected chi connectivity index (χ0v) is 25.3. The summed E-state index contributed by atoms with van der Waals surface area (Å²) in [5, 5.41) is 1.91. The van der Waals surface area contributed by atoms with Crippen LogP contribution in [-0.2, 0) is 22.4 Å². The summed E-state index contributed by atoms with van der Waals surface area (Å²) in [6.45, 7) is 8.78. The number of carbonyl (C=O) groups is 2. The summed E-state index contributed by atoms with van der Waals surface area (Å²) in [5.41, 5.74) is 6.44. The molecule has 0 aliphatic heterocycles. The van der Waals surface area contributed by atoms with Crippen molar-refractivity contribution in [3.05, 3.63) is 80.0 Å². The SMILES string of the molecule is CC(C)CCc1[nH]c2ccccc2c1C1=C(Br)C(=O)C(Br)=C(c2c(CCC(C)C)[nH]c3ccccc23)C1=O. The Morgan fingerprint density at radius 2 is 1.03 bits per heavy atom. The van der Waals surface area contributed by atoms with Crippen LogP contribution in [0, 0.1) is 11.8 Å². The van der Waals surface area contributed by atoms with Crippen LogP contribution in [0.5, 0.6) is 0 Å². The van der Waals surface area contributed by atoms with Crippen LogP contribution < -0.4 is 0 Å². The number of rotatable bonds is 8. The summed E-state index contributed by atoms with van der Waals surface area (Å²) in [4.78, 5) is 35.4. The van der Waals surface area contributed by atoms with Gasteiger partial charge in [-0.1, -0.05) is 64.1 Å². The third-order valence-electron chi connectivity index (χ3n) is 7.30. The van der Waals surface area contributed by atoms with Gasteiger partial charge in [0.1, 0.15) is 0 Å². The minimum Gasteiger partial charge on any atom is -0.358 e. The summed E-state index contributed by atoms with van der Waals surface area (Å²) in [6.07, 6.45) is 3.53. The third kappa shape index (κ3) is 4.77. The standard InChI is InChI=1S/C32H32Br2N2O2/c1-17(2)13-15-23-25(19-9-5-7-11-21(19)35-23)27-29(33)32(38)30(34)28(31(27)37)26-20-10-6-8-12-22(20)36-24(26)16-14-18(3)4/h5-12,17-18,35-36H,13-16H2,1-4H3. The normalized spacial score (nSPS) is 14.8. The molecule has 0 bridgehead atoms. The largest absolute Gasteiger partial charge is 0.358 e. The van der Waals surface area contributed by atoms with E-state index in [0.717, 1.165) is 70.0 Å². The number of halogens is 2. The van der Waals surface area contributed by atoms with Crippen LogP contribution in [0.4, 0.5) is 0 Å². The van der Waals surface area contributed by atoms with Crippen molar-refractivity contribution < 1.29 is 9.59 Å². The van der Waals surface area contributed by atoms with Gasteiger partial charge in [0.2, 0.25) is 5.78 Å². The number of fused-ring (bicyclic) bond motifs is 2. The lowest BCUT2D eigenvalue weighted by Gasteiger charge is -2.21. The van der Waals surface area contributed by atoms with Crippen molar-refractivity contribution in [1.29, 1.82) is 0 Å². The highest BCUT2D eigenvalue weighted by molar-refractivity contribution is 9.13. The lowest BCUT2D eigenvalue weighted by molar-refractivity contribution is -0.113. The minimum atomic E-state index is -0.213. The van der Waals surface area contributed by atoms with Gasteiger partial charge in [-0.2, -0.15) is 0 Å². The molecule has 4 nitrogen and oxygen atoms in total. The maximum Gasteiger partial charge on any atom is 0.208 e. The second kappa shape index (κ2) is 10.8. The number of allylic oxidation sites excluding steroid dienone is 4. The van der Waals surface area contributed by atoms with Crippen molar-refractivity contribution in [1.82, 2.24) is 9.97 Å². The first kappa shape index (κ1) is 26.9. The van der Waals surface area contributed by atoms with E-state index in [9.17, 15) is 9.59 Å². The number of aromatic amines is 2. The van der Waals surface area contributed by atoms with Gasteiger partial charge < -0.3 is 9.97 Å². The van der Waals surface area contributed by atoms with Crippen LogP contribution in [0.2, 0.25) is 0 Å². The number of hydrogen-bond acceptors (Lipinski definition) is 2. The van der Waals surface area contributed by atoms with Gasteiger partial charge in [0.25, 0.3) is 0 Å². The molecule has 0 spiro atoms. The van der Waals surface area contributed by atoms with E-state index in [-0.39, 0.29) is 11.6 Å². The number of nitrogens with one attached hydrogen (secondary N) is 2. The lowest BCUT2D eigenvalue weighted by atomic mass is 9.84. The zero-order chi connectivity index (χ0) is 27.1. The molecule has 2 aromatic heterocycles. The number of para-hydroxylation sites is 2. The molecular formula is C32H32Br2N2O2. The van der Waals surface area contributed by atoms with Gasteiger partial charge in [-0.3, -0.25) is 9.59 Å². The second-order valence-electron chi connectivity index (χ2n) is 10.9. The molecule has 2 aromatic carbocycles. The molecule has 196 valence electrons. The van der Waals surface area contributed by atoms with Gasteiger partial charge in [0.05, 0.1) is 20.1 Å². The van der Waals surface area contributed by atoms with Gasteiger partial charge in [-0.15, -0.1) is 0 Å². The van der Waals surface area contributed by atoms with E-state index in [1.54, 1.807) is 0 Å². The predicted molar refractivity (Wildman–Crippen MR) is 165 cm³/mol. The van der Waals surface area contributed by atoms with Crippen molar-refractivity contribution in [2.24, 2.45) is 11.8 Å². The number of carbonyl (C=O) groups excluding carboxylic acids is 2. The maximum absolute atomic E-state index is 14.6. The monoisotopic (exact) mass is 634 g/mol. The van der Waals surface area contributed by atoms with Gasteiger partial charge in [0, 0.05) is 44.3 Å². The van der Waals surface area contributed by atoms with E-state index < -0.39 is 0 Å². The molecule has 5 rings (SSSR count). The first-order valence-corrected chi connectivity index (χ1v) is 14.9. The second-order valence-corrected chi connectivity index (χ2v) is 12.5. The van der Waals surface area contributed by atoms with Crippen LogP contribution in [0.1, 0.15) is 63.1 Å². The average Bonchev–Trinajstić information content (AvgIpc) is 3.44. The molecule has 2 N–H and O–H groups in total. The summed E-state index contributed by atoms with van der Waals surface area (Å²) < 4.78 is 0.606. The van der Waals surface area contributed by atoms with Crippen LogP contribution in [0.25, 0.3) is 33.0 Å². The number of hydrogen-bond donors (Lipinski definition) is 2. The molecule has 0 saturated carbocycles. The van der Waals surface area contributed by atoms with E-state index in [1.165, 1.54) is 0 Å². The number of aromatic nitrogens is 2. The Bertz CT molecular complexity index is 1510. The molecule has 38 heavy (non-hydrogen) atoms. The molecule has 0 unspecified atom stereocenters. The van der Waals surface area contributed by atoms with Crippen molar-refractivity contribution in [3.63, 3.8) is 0 Å². The lowest BCUT2D eigenvalue weighted by Crippen LogP contribution is -2.20. The van der Waals surface area contributed by atoms with E-state index in [4.69, 9.17) is 0 Å². The Balaban J connectivity index is 1.73. The molecule has 0 amide bonds. The van der Waals surface area contributed by atoms with Crippen LogP contribution >= 0.6 is 31.9 Å². The van der Waals surface area contributed by atoms with Crippen molar-refractivity contribution in [3.8, 4) is 0 Å². The van der Waals surface area contributed by atoms with Gasteiger partial charge >= 0.3 is 0 Å². The molecule has 0 saturated heterocycles. The summed E-state index contributed by atoms with van der Waals surface area (Å²) in [5.74, 6) is 0.661. The quantitative estimate of drug-likeness (QED) is 0.190. The first-order chi connectivity index (χ1) is 18.2. The highest BCUT2D eigenvalue weighted by Crippen LogP contribution is 2.46. The summed E-state index contributed by atoms with van der Waals surface area (Å²) >= 11 is 7.11. The van der Waals surface area contributed by atoms with Gasteiger partial charge in [-0.25, -0.2) is 0 Å². The Morgan fingerprint density at radius 1 is 0.632 bits per heavy atom. The van der Waals surface area contributed by atoms with Gasteiger partial charge in [0.15, 0.2) is 5.78 Å². The van der Waals surface area contributed by atoms with Crippen LogP contribution in [0.3, 0.4) is 0 Å². The highest BCUT2D eigenvalue weighted by atomic mass is 79.9. The first-order valence-electron chi connectivity index (χ1n) is 13.3. The molecule has 0 fully saturated rings. The van der Waals surface area contributed by atoms with Crippen molar-refractivity contribution in [2.45, 2.75) is 53.4 Å². The molecule has 1 aliphatic rings. The number of aryl methyl sites for hydroxylation is 2. The molecule has 4 aromatic rings. The number of Topliss-reactive ketones (excluding diaryl/α,β-unsaturated/α-hetero) is 2. The number of H-pyrrole nitrogens is 2. The van der Waals surface area contributed by atoms with Crippen LogP contribution in [-0.4, -0.2) is 21.5 Å². The Morgan fingerprint density at radius 3 is 1.42 bits per heavy atom. The Hall–Kier alpha value is -2.70. The fourth-order valence-corrected chi connectivity index (χ4v) is 6.72. The third-order valence-corrected chi connectivity index (χ3v) is 8.82. The van der Waals surface area contributed by atoms with Crippen molar-refractivity contribution in [2.75, 3.05) is 0 Å². The zero-order valence-electron chi connectivity index (χ0n) is 22.2. The fourth-order valence-electron chi connectivity index (χ4n) is 5.30. The molecule has 2 heterocycles. The smallest absolute Gasteiger partial charge is 0.208 e. The van der Waals surface area contributed by atoms with E-state index in [0.29, 0.717) is 31.9 Å². The summed E-state index contributed by atoms with van der Waals surface area (Å²) in [7, 11) is 0. The maximum atomic E-state index is 14.6. The average molecular weight is 636 g/mol.